The van der Waals surface area contributed by atoms with Gasteiger partial charge in [-0.1, -0.05) is 6.07 Å². The van der Waals surface area contributed by atoms with Crippen molar-refractivity contribution in [3.05, 3.63) is 29.7 Å². The van der Waals surface area contributed by atoms with Crippen LogP contribution in [-0.4, -0.2) is 34.4 Å². The Labute approximate surface area is 127 Å². The first-order chi connectivity index (χ1) is 10.5. The van der Waals surface area contributed by atoms with Gasteiger partial charge in [-0.15, -0.1) is 0 Å². The largest absolute Gasteiger partial charge is 0.441 e. The number of amidine groups is 1. The number of aromatic nitrogens is 3. The van der Waals surface area contributed by atoms with Crippen molar-refractivity contribution >= 4 is 29.5 Å². The second-order valence-corrected chi connectivity index (χ2v) is 4.85. The highest BCUT2D eigenvalue weighted by atomic mass is 16.3. The van der Waals surface area contributed by atoms with Gasteiger partial charge in [0.15, 0.2) is 17.3 Å². The van der Waals surface area contributed by atoms with Gasteiger partial charge in [-0.25, -0.2) is 14.7 Å². The predicted molar refractivity (Wildman–Crippen MR) is 86.8 cm³/mol. The van der Waals surface area contributed by atoms with Gasteiger partial charge in [0.2, 0.25) is 0 Å². The van der Waals surface area contributed by atoms with Crippen LogP contribution in [-0.2, 0) is 7.05 Å². The topological polar surface area (TPSA) is 94.6 Å². The van der Waals surface area contributed by atoms with Gasteiger partial charge < -0.3 is 10.2 Å². The predicted octanol–water partition coefficient (Wildman–Crippen LogP) is 2.20. The third-order valence-electron chi connectivity index (χ3n) is 3.43. The fourth-order valence-electron chi connectivity index (χ4n) is 2.43. The Bertz CT molecular complexity index is 902. The Morgan fingerprint density at radius 1 is 1.41 bits per heavy atom. The van der Waals surface area contributed by atoms with E-state index in [2.05, 4.69) is 26.8 Å². The van der Waals surface area contributed by atoms with Crippen molar-refractivity contribution in [3.63, 3.8) is 0 Å². The lowest BCUT2D eigenvalue weighted by Gasteiger charge is -2.02. The molecule has 0 bridgehead atoms. The van der Waals surface area contributed by atoms with E-state index >= 15 is 0 Å². The van der Waals surface area contributed by atoms with Crippen LogP contribution in [0, 0.1) is 6.92 Å². The molecule has 0 fully saturated rings. The monoisotopic (exact) mass is 296 g/mol. The van der Waals surface area contributed by atoms with Crippen LogP contribution >= 0.6 is 0 Å². The molecule has 112 valence electrons. The Morgan fingerprint density at radius 3 is 2.86 bits per heavy atom. The van der Waals surface area contributed by atoms with Crippen molar-refractivity contribution in [2.45, 2.75) is 6.92 Å². The summed E-state index contributed by atoms with van der Waals surface area (Å²) in [6, 6.07) is 5.70. The van der Waals surface area contributed by atoms with Gasteiger partial charge in [-0.3, -0.25) is 4.99 Å². The van der Waals surface area contributed by atoms with Gasteiger partial charge in [0, 0.05) is 26.6 Å². The smallest absolute Gasteiger partial charge is 0.192 e. The van der Waals surface area contributed by atoms with Gasteiger partial charge in [0.1, 0.15) is 17.0 Å². The van der Waals surface area contributed by atoms with Crippen molar-refractivity contribution in [2.24, 2.45) is 22.8 Å². The number of benzene rings is 1. The summed E-state index contributed by atoms with van der Waals surface area (Å²) < 4.78 is 7.21. The molecular weight excluding hydrogens is 280 g/mol. The van der Waals surface area contributed by atoms with E-state index in [1.807, 2.05) is 25.1 Å². The molecule has 7 nitrogen and oxygen atoms in total. The number of nitrogens with two attached hydrogens (primary N) is 1. The van der Waals surface area contributed by atoms with E-state index in [0.717, 1.165) is 11.1 Å². The maximum absolute atomic E-state index is 6.01. The molecule has 0 saturated carbocycles. The van der Waals surface area contributed by atoms with Gasteiger partial charge in [0.25, 0.3) is 0 Å². The molecule has 0 aliphatic rings. The summed E-state index contributed by atoms with van der Waals surface area (Å²) >= 11 is 0. The van der Waals surface area contributed by atoms with Gasteiger partial charge in [-0.05, 0) is 18.9 Å². The summed E-state index contributed by atoms with van der Waals surface area (Å²) in [5, 5.41) is 4.49. The van der Waals surface area contributed by atoms with Crippen molar-refractivity contribution in [1.82, 2.24) is 14.8 Å². The molecule has 0 aliphatic carbocycles. The summed E-state index contributed by atoms with van der Waals surface area (Å²) in [4.78, 5) is 12.3. The van der Waals surface area contributed by atoms with Crippen LogP contribution in [0.1, 0.15) is 11.5 Å². The van der Waals surface area contributed by atoms with E-state index in [4.69, 9.17) is 10.2 Å². The first kappa shape index (κ1) is 14.0. The zero-order valence-corrected chi connectivity index (χ0v) is 12.7. The summed E-state index contributed by atoms with van der Waals surface area (Å²) in [5.74, 6) is 1.56. The molecule has 7 heteroatoms. The van der Waals surface area contributed by atoms with Crippen molar-refractivity contribution < 1.29 is 4.42 Å². The summed E-state index contributed by atoms with van der Waals surface area (Å²) in [5.41, 5.74) is 9.72. The second kappa shape index (κ2) is 5.10. The Kier molecular flexibility index (Phi) is 3.25. The fourth-order valence-corrected chi connectivity index (χ4v) is 2.43. The highest BCUT2D eigenvalue weighted by Gasteiger charge is 2.20. The molecule has 0 saturated heterocycles. The van der Waals surface area contributed by atoms with Crippen molar-refractivity contribution in [1.29, 1.82) is 0 Å². The number of nitrogens with zero attached hydrogens (tertiary/aromatic N) is 5. The van der Waals surface area contributed by atoms with Crippen LogP contribution < -0.4 is 5.73 Å². The number of aryl methyl sites for hydroxylation is 2. The first-order valence-electron chi connectivity index (χ1n) is 6.69. The number of hydrogen-bond acceptors (Lipinski definition) is 5. The number of rotatable bonds is 3. The van der Waals surface area contributed by atoms with Crippen LogP contribution in [0.25, 0.3) is 22.4 Å². The Hall–Kier alpha value is -2.96. The molecular formula is C15H16N6O. The van der Waals surface area contributed by atoms with Crippen LogP contribution in [0.5, 0.6) is 0 Å². The summed E-state index contributed by atoms with van der Waals surface area (Å²) in [6.07, 6.45) is 0. The third kappa shape index (κ3) is 2.07. The maximum atomic E-state index is 6.01. The molecule has 0 aliphatic heterocycles. The minimum atomic E-state index is 0.361. The summed E-state index contributed by atoms with van der Waals surface area (Å²) in [6.45, 7) is 5.39. The molecule has 1 aromatic carbocycles. The van der Waals surface area contributed by atoms with Crippen LogP contribution in [0.15, 0.2) is 32.6 Å². The third-order valence-corrected chi connectivity index (χ3v) is 3.43. The highest BCUT2D eigenvalue weighted by molar-refractivity contribution is 6.07. The van der Waals surface area contributed by atoms with Crippen LogP contribution in [0.3, 0.4) is 0 Å². The van der Waals surface area contributed by atoms with E-state index in [-0.39, 0.29) is 0 Å². The molecule has 0 atom stereocenters. The minimum absolute atomic E-state index is 0.361. The maximum Gasteiger partial charge on any atom is 0.192 e. The fraction of sp³-hybridized carbons (Fsp3) is 0.200. The van der Waals surface area contributed by atoms with Crippen molar-refractivity contribution in [3.8, 4) is 11.3 Å². The van der Waals surface area contributed by atoms with Gasteiger partial charge >= 0.3 is 0 Å². The molecule has 3 aromatic rings. The van der Waals surface area contributed by atoms with Gasteiger partial charge in [0.05, 0.1) is 5.56 Å². The van der Waals surface area contributed by atoms with E-state index < -0.39 is 0 Å². The van der Waals surface area contributed by atoms with E-state index in [1.54, 1.807) is 18.8 Å². The van der Waals surface area contributed by atoms with Crippen LogP contribution in [0.2, 0.25) is 0 Å². The molecule has 0 radical (unpaired) electrons. The molecule has 2 heterocycles. The first-order valence-corrected chi connectivity index (χ1v) is 6.69. The lowest BCUT2D eigenvalue weighted by Crippen LogP contribution is -2.13. The number of hydrogen-bond donors (Lipinski definition) is 1. The average molecular weight is 296 g/mol. The molecule has 3 rings (SSSR count). The zero-order chi connectivity index (χ0) is 15.9. The molecule has 2 N–H and O–H groups in total. The number of oxazole rings is 1. The lowest BCUT2D eigenvalue weighted by molar-refractivity contribution is 0.561. The highest BCUT2D eigenvalue weighted by Crippen LogP contribution is 2.31. The van der Waals surface area contributed by atoms with Gasteiger partial charge in [-0.2, -0.15) is 5.10 Å². The molecule has 0 amide bonds. The molecule has 2 aromatic heterocycles. The van der Waals surface area contributed by atoms with E-state index in [0.29, 0.717) is 34.4 Å². The van der Waals surface area contributed by atoms with E-state index in [9.17, 15) is 0 Å². The molecule has 22 heavy (non-hydrogen) atoms. The Balaban J connectivity index is 2.27. The van der Waals surface area contributed by atoms with Crippen molar-refractivity contribution in [2.75, 3.05) is 7.05 Å². The standard InChI is InChI=1S/C15H16N6O/c1-8-19-10-6-5-9(7-11(10)22-8)13-12(14(16)17-2)15(18-3)21(4)20-13/h5-7H,3H2,1-2,4H3,(H2,16,17). The van der Waals surface area contributed by atoms with E-state index in [1.165, 1.54) is 0 Å². The summed E-state index contributed by atoms with van der Waals surface area (Å²) in [7, 11) is 3.42. The quantitative estimate of drug-likeness (QED) is 0.592. The SMILES string of the molecule is C=Nc1c(C(N)=NC)c(-c2ccc3nc(C)oc3c2)nn1C. The molecule has 0 spiro atoms. The second-order valence-electron chi connectivity index (χ2n) is 4.85. The normalized spacial score (nSPS) is 12.0. The molecule has 0 unspecified atom stereocenters. The number of fused-ring (bicyclic) bond motifs is 1. The lowest BCUT2D eigenvalue weighted by atomic mass is 10.1. The number of aliphatic imine (C=N–C) groups is 2. The average Bonchev–Trinajstić information content (AvgIpc) is 3.04. The minimum Gasteiger partial charge on any atom is -0.441 e. The Morgan fingerprint density at radius 2 is 2.18 bits per heavy atom. The van der Waals surface area contributed by atoms with Crippen LogP contribution in [0.4, 0.5) is 5.82 Å². The zero-order valence-electron chi connectivity index (χ0n) is 12.7.